The number of hydrogen-bond acceptors (Lipinski definition) is 6. The van der Waals surface area contributed by atoms with Gasteiger partial charge in [0.05, 0.1) is 31.9 Å². The van der Waals surface area contributed by atoms with E-state index in [0.717, 1.165) is 29.9 Å². The number of hydrogen-bond donors (Lipinski definition) is 1. The van der Waals surface area contributed by atoms with Crippen LogP contribution in [0, 0.1) is 0 Å². The normalized spacial score (nSPS) is 14.1. The second-order valence-corrected chi connectivity index (χ2v) is 7.07. The summed E-state index contributed by atoms with van der Waals surface area (Å²) in [5, 5.41) is 9.35. The maximum atomic E-state index is 12.9. The van der Waals surface area contributed by atoms with E-state index in [2.05, 4.69) is 10.4 Å². The molecule has 0 aliphatic carbocycles. The Balaban J connectivity index is 1.75. The lowest BCUT2D eigenvalue weighted by atomic mass is 10.0. The molecule has 2 aromatic carbocycles. The van der Waals surface area contributed by atoms with Gasteiger partial charge in [-0.3, -0.25) is 14.6 Å². The van der Waals surface area contributed by atoms with Crippen LogP contribution in [0.5, 0.6) is 5.75 Å². The molecular weight excluding hydrogens is 382 g/mol. The second kappa shape index (κ2) is 9.91. The standard InChI is InChI=1S/C23H27N3O4/c1-4-30-22(27)15-21(18-6-5-7-20(14-18)29-3)24-23(28)17-8-10-19(11-9-17)26-13-12-16(2)25-26/h5-11,14,21H,4,12-13,15H2,1-3H3,(H,24,28). The number of ether oxygens (including phenoxy) is 2. The number of esters is 1. The minimum atomic E-state index is -0.530. The number of amides is 1. The first-order chi connectivity index (χ1) is 14.5. The largest absolute Gasteiger partial charge is 0.497 e. The zero-order chi connectivity index (χ0) is 21.5. The second-order valence-electron chi connectivity index (χ2n) is 7.07. The Labute approximate surface area is 176 Å². The van der Waals surface area contributed by atoms with Crippen molar-refractivity contribution in [1.82, 2.24) is 5.32 Å². The lowest BCUT2D eigenvalue weighted by Crippen LogP contribution is -2.30. The van der Waals surface area contributed by atoms with Gasteiger partial charge in [-0.25, -0.2) is 0 Å². The van der Waals surface area contributed by atoms with Crippen molar-refractivity contribution in [3.63, 3.8) is 0 Å². The summed E-state index contributed by atoms with van der Waals surface area (Å²) in [6.07, 6.45) is 0.977. The highest BCUT2D eigenvalue weighted by atomic mass is 16.5. The Kier molecular flexibility index (Phi) is 7.06. The molecule has 1 unspecified atom stereocenters. The van der Waals surface area contributed by atoms with Gasteiger partial charge in [0.25, 0.3) is 5.91 Å². The van der Waals surface area contributed by atoms with Gasteiger partial charge in [-0.05, 0) is 55.8 Å². The Morgan fingerprint density at radius 1 is 1.20 bits per heavy atom. The summed E-state index contributed by atoms with van der Waals surface area (Å²) in [5.41, 5.74) is 3.32. The van der Waals surface area contributed by atoms with E-state index in [-0.39, 0.29) is 24.9 Å². The van der Waals surface area contributed by atoms with Gasteiger partial charge < -0.3 is 14.8 Å². The summed E-state index contributed by atoms with van der Waals surface area (Å²) >= 11 is 0. The molecule has 1 aliphatic rings. The predicted octanol–water partition coefficient (Wildman–Crippen LogP) is 3.71. The van der Waals surface area contributed by atoms with Crippen LogP contribution in [0.3, 0.4) is 0 Å². The number of nitrogens with one attached hydrogen (secondary N) is 1. The van der Waals surface area contributed by atoms with Crippen LogP contribution >= 0.6 is 0 Å². The highest BCUT2D eigenvalue weighted by Gasteiger charge is 2.21. The molecule has 1 aliphatic heterocycles. The maximum Gasteiger partial charge on any atom is 0.308 e. The number of rotatable bonds is 8. The predicted molar refractivity (Wildman–Crippen MR) is 116 cm³/mol. The smallest absolute Gasteiger partial charge is 0.308 e. The molecule has 1 heterocycles. The highest BCUT2D eigenvalue weighted by molar-refractivity contribution is 5.95. The summed E-state index contributed by atoms with van der Waals surface area (Å²) in [6, 6.07) is 14.1. The van der Waals surface area contributed by atoms with Crippen molar-refractivity contribution in [2.45, 2.75) is 32.7 Å². The molecule has 7 nitrogen and oxygen atoms in total. The van der Waals surface area contributed by atoms with Gasteiger partial charge in [0.2, 0.25) is 0 Å². The quantitative estimate of drug-likeness (QED) is 0.673. The number of anilines is 1. The lowest BCUT2D eigenvalue weighted by Gasteiger charge is -2.20. The number of carbonyl (C=O) groups is 2. The number of hydrazone groups is 1. The molecule has 1 amide bonds. The molecule has 3 rings (SSSR count). The van der Waals surface area contributed by atoms with Crippen molar-refractivity contribution in [1.29, 1.82) is 0 Å². The van der Waals surface area contributed by atoms with Crippen molar-refractivity contribution in [2.24, 2.45) is 5.10 Å². The molecule has 30 heavy (non-hydrogen) atoms. The van der Waals surface area contributed by atoms with E-state index in [1.165, 1.54) is 0 Å². The average Bonchev–Trinajstić information content (AvgIpc) is 3.20. The van der Waals surface area contributed by atoms with Crippen LogP contribution in [0.1, 0.15) is 48.7 Å². The van der Waals surface area contributed by atoms with Crippen molar-refractivity contribution in [3.05, 3.63) is 59.7 Å². The maximum absolute atomic E-state index is 12.9. The summed E-state index contributed by atoms with van der Waals surface area (Å²) in [5.74, 6) is 0.0180. The fourth-order valence-electron chi connectivity index (χ4n) is 3.28. The molecule has 0 saturated carbocycles. The van der Waals surface area contributed by atoms with Crippen LogP contribution in [-0.4, -0.2) is 37.8 Å². The van der Waals surface area contributed by atoms with E-state index in [0.29, 0.717) is 11.3 Å². The molecule has 0 saturated heterocycles. The summed E-state index contributed by atoms with van der Waals surface area (Å²) in [6.45, 7) is 4.89. The highest BCUT2D eigenvalue weighted by Crippen LogP contribution is 2.24. The molecule has 0 spiro atoms. The Bertz CT molecular complexity index is 924. The molecule has 0 bridgehead atoms. The van der Waals surface area contributed by atoms with Crippen molar-refractivity contribution in [2.75, 3.05) is 25.3 Å². The topological polar surface area (TPSA) is 80.2 Å². The SMILES string of the molecule is CCOC(=O)CC(NC(=O)c1ccc(N2CCC(C)=N2)cc1)c1cccc(OC)c1. The van der Waals surface area contributed by atoms with Gasteiger partial charge in [-0.15, -0.1) is 0 Å². The fourth-order valence-corrected chi connectivity index (χ4v) is 3.28. The average molecular weight is 409 g/mol. The zero-order valence-electron chi connectivity index (χ0n) is 17.6. The van der Waals surface area contributed by atoms with Gasteiger partial charge in [0.1, 0.15) is 5.75 Å². The summed E-state index contributed by atoms with van der Waals surface area (Å²) in [7, 11) is 1.57. The minimum Gasteiger partial charge on any atom is -0.497 e. The first-order valence-electron chi connectivity index (χ1n) is 10.0. The summed E-state index contributed by atoms with van der Waals surface area (Å²) < 4.78 is 10.4. The molecule has 1 N–H and O–H groups in total. The fraction of sp³-hybridized carbons (Fsp3) is 0.348. The minimum absolute atomic E-state index is 0.0343. The molecule has 7 heteroatoms. The number of carbonyl (C=O) groups excluding carboxylic acids is 2. The molecule has 2 aromatic rings. The monoisotopic (exact) mass is 409 g/mol. The van der Waals surface area contributed by atoms with E-state index < -0.39 is 6.04 Å². The molecular formula is C23H27N3O4. The number of benzene rings is 2. The van der Waals surface area contributed by atoms with E-state index in [1.54, 1.807) is 32.2 Å². The molecule has 0 fully saturated rings. The van der Waals surface area contributed by atoms with Crippen LogP contribution in [0.4, 0.5) is 5.69 Å². The summed E-state index contributed by atoms with van der Waals surface area (Å²) in [4.78, 5) is 25.0. The molecule has 1 atom stereocenters. The van der Waals surface area contributed by atoms with E-state index in [1.807, 2.05) is 42.3 Å². The van der Waals surface area contributed by atoms with E-state index in [9.17, 15) is 9.59 Å². The molecule has 158 valence electrons. The Morgan fingerprint density at radius 2 is 1.97 bits per heavy atom. The van der Waals surface area contributed by atoms with Gasteiger partial charge in [0.15, 0.2) is 0 Å². The first-order valence-corrected chi connectivity index (χ1v) is 10.0. The van der Waals surface area contributed by atoms with Crippen LogP contribution in [0.15, 0.2) is 53.6 Å². The van der Waals surface area contributed by atoms with Gasteiger partial charge in [-0.1, -0.05) is 12.1 Å². The van der Waals surface area contributed by atoms with Gasteiger partial charge in [0, 0.05) is 24.2 Å². The lowest BCUT2D eigenvalue weighted by molar-refractivity contribution is -0.143. The molecule has 0 aromatic heterocycles. The third kappa shape index (κ3) is 5.37. The van der Waals surface area contributed by atoms with Crippen LogP contribution in [0.2, 0.25) is 0 Å². The van der Waals surface area contributed by atoms with E-state index >= 15 is 0 Å². The van der Waals surface area contributed by atoms with Crippen LogP contribution < -0.4 is 15.1 Å². The third-order valence-electron chi connectivity index (χ3n) is 4.88. The number of methoxy groups -OCH3 is 1. The zero-order valence-corrected chi connectivity index (χ0v) is 17.6. The molecule has 0 radical (unpaired) electrons. The Morgan fingerprint density at radius 3 is 2.60 bits per heavy atom. The first kappa shape index (κ1) is 21.4. The van der Waals surface area contributed by atoms with Crippen LogP contribution in [-0.2, 0) is 9.53 Å². The third-order valence-corrected chi connectivity index (χ3v) is 4.88. The van der Waals surface area contributed by atoms with Crippen LogP contribution in [0.25, 0.3) is 0 Å². The van der Waals surface area contributed by atoms with Gasteiger partial charge in [-0.2, -0.15) is 5.10 Å². The van der Waals surface area contributed by atoms with Gasteiger partial charge >= 0.3 is 5.97 Å². The van der Waals surface area contributed by atoms with Crippen molar-refractivity contribution >= 4 is 23.3 Å². The number of nitrogens with zero attached hydrogens (tertiary/aromatic N) is 2. The van der Waals surface area contributed by atoms with Crippen molar-refractivity contribution < 1.29 is 19.1 Å². The van der Waals surface area contributed by atoms with Crippen molar-refractivity contribution in [3.8, 4) is 5.75 Å². The Hall–Kier alpha value is -3.35. The van der Waals surface area contributed by atoms with E-state index in [4.69, 9.17) is 9.47 Å².